The molecule has 4 N–H and O–H groups in total. The Hall–Kier alpha value is -2.38. The molecule has 0 aliphatic heterocycles. The average molecular weight is 371 g/mol. The van der Waals surface area contributed by atoms with Gasteiger partial charge in [-0.05, 0) is 43.4 Å². The van der Waals surface area contributed by atoms with Crippen molar-refractivity contribution in [2.75, 3.05) is 12.4 Å². The van der Waals surface area contributed by atoms with Gasteiger partial charge in [-0.15, -0.1) is 0 Å². The number of carbonyl (C=O) groups is 1. The van der Waals surface area contributed by atoms with Gasteiger partial charge in [-0.3, -0.25) is 16.1 Å². The fourth-order valence-corrected chi connectivity index (χ4v) is 1.61. The summed E-state index contributed by atoms with van der Waals surface area (Å²) in [5.41, 5.74) is 3.03. The monoisotopic (exact) mass is 371 g/mol. The van der Waals surface area contributed by atoms with Gasteiger partial charge in [0, 0.05) is 16.9 Å². The van der Waals surface area contributed by atoms with Crippen molar-refractivity contribution < 1.29 is 18.0 Å². The van der Waals surface area contributed by atoms with Crippen molar-refractivity contribution in [1.82, 2.24) is 5.43 Å². The SMILES string of the molecule is CC.CC.CNN.O=Cc1ccccc1Nc1ccc(C(F)(F)F)cc1. The van der Waals surface area contributed by atoms with Crippen LogP contribution in [0.25, 0.3) is 0 Å². The smallest absolute Gasteiger partial charge is 0.355 e. The van der Waals surface area contributed by atoms with Crippen molar-refractivity contribution in [3.8, 4) is 0 Å². The Labute approximate surface area is 153 Å². The number of hydrogen-bond donors (Lipinski definition) is 3. The van der Waals surface area contributed by atoms with E-state index in [0.29, 0.717) is 23.2 Å². The lowest BCUT2D eigenvalue weighted by atomic mass is 10.1. The Bertz CT molecular complexity index is 600. The number of benzene rings is 2. The second kappa shape index (κ2) is 14.9. The molecule has 2 aromatic carbocycles. The van der Waals surface area contributed by atoms with Gasteiger partial charge in [0.1, 0.15) is 0 Å². The summed E-state index contributed by atoms with van der Waals surface area (Å²) in [7, 11) is 1.65. The van der Waals surface area contributed by atoms with Gasteiger partial charge >= 0.3 is 6.18 Å². The molecule has 0 aromatic heterocycles. The minimum Gasteiger partial charge on any atom is -0.355 e. The maximum atomic E-state index is 12.4. The van der Waals surface area contributed by atoms with Crippen molar-refractivity contribution >= 4 is 17.7 Å². The number of nitrogens with one attached hydrogen (secondary N) is 2. The Morgan fingerprint density at radius 3 is 1.81 bits per heavy atom. The third-order valence-electron chi connectivity index (χ3n) is 2.58. The second-order valence-electron chi connectivity index (χ2n) is 4.19. The fraction of sp³-hybridized carbons (Fsp3) is 0.316. The first-order valence-corrected chi connectivity index (χ1v) is 8.28. The van der Waals surface area contributed by atoms with E-state index < -0.39 is 11.7 Å². The highest BCUT2D eigenvalue weighted by molar-refractivity contribution is 5.85. The van der Waals surface area contributed by atoms with Crippen molar-refractivity contribution in [3.63, 3.8) is 0 Å². The standard InChI is InChI=1S/C14H10F3NO.2C2H6.CH6N2/c15-14(16,17)11-5-7-12(8-6-11)18-13-4-2-1-3-10(13)9-19;2*1-2;1-3-2/h1-9,18H;2*1-2H3;3H,2H2,1H3. The van der Waals surface area contributed by atoms with Gasteiger partial charge in [0.25, 0.3) is 0 Å². The predicted molar refractivity (Wildman–Crippen MR) is 102 cm³/mol. The molecule has 0 bridgehead atoms. The van der Waals surface area contributed by atoms with Gasteiger partial charge in [-0.2, -0.15) is 13.2 Å². The summed E-state index contributed by atoms with van der Waals surface area (Å²) in [6, 6.07) is 11.4. The fourth-order valence-electron chi connectivity index (χ4n) is 1.61. The van der Waals surface area contributed by atoms with E-state index in [-0.39, 0.29) is 0 Å². The van der Waals surface area contributed by atoms with Crippen molar-refractivity contribution in [2.24, 2.45) is 5.84 Å². The molecule has 7 heteroatoms. The summed E-state index contributed by atoms with van der Waals surface area (Å²) >= 11 is 0. The average Bonchev–Trinajstić information content (AvgIpc) is 2.66. The number of alkyl halides is 3. The van der Waals surface area contributed by atoms with Crippen LogP contribution < -0.4 is 16.6 Å². The molecular formula is C19H28F3N3O. The number of anilines is 2. The van der Waals surface area contributed by atoms with Crippen LogP contribution in [-0.4, -0.2) is 13.3 Å². The van der Waals surface area contributed by atoms with Gasteiger partial charge in [-0.1, -0.05) is 39.8 Å². The highest BCUT2D eigenvalue weighted by Crippen LogP contribution is 2.30. The van der Waals surface area contributed by atoms with Crippen LogP contribution in [0.15, 0.2) is 48.5 Å². The molecule has 0 aliphatic rings. The quantitative estimate of drug-likeness (QED) is 0.384. The van der Waals surface area contributed by atoms with Crippen molar-refractivity contribution in [2.45, 2.75) is 33.9 Å². The van der Waals surface area contributed by atoms with Crippen LogP contribution in [0, 0.1) is 0 Å². The molecule has 0 fully saturated rings. The molecule has 0 heterocycles. The molecule has 0 saturated carbocycles. The zero-order valence-electron chi connectivity index (χ0n) is 15.8. The summed E-state index contributed by atoms with van der Waals surface area (Å²) < 4.78 is 37.2. The number of rotatable bonds is 3. The number of carbonyl (C=O) groups excluding carboxylic acids is 1. The van der Waals surface area contributed by atoms with Crippen LogP contribution in [0.2, 0.25) is 0 Å². The van der Waals surface area contributed by atoms with E-state index in [1.54, 1.807) is 31.3 Å². The number of hydrogen-bond acceptors (Lipinski definition) is 4. The third kappa shape index (κ3) is 9.80. The molecule has 0 atom stereocenters. The molecule has 0 spiro atoms. The van der Waals surface area contributed by atoms with Crippen LogP contribution in [0.5, 0.6) is 0 Å². The van der Waals surface area contributed by atoms with Gasteiger partial charge in [0.15, 0.2) is 6.29 Å². The van der Waals surface area contributed by atoms with E-state index in [0.717, 1.165) is 12.1 Å². The summed E-state index contributed by atoms with van der Waals surface area (Å²) in [6.07, 6.45) is -3.66. The summed E-state index contributed by atoms with van der Waals surface area (Å²) in [5.74, 6) is 4.60. The minimum atomic E-state index is -4.35. The Morgan fingerprint density at radius 1 is 0.923 bits per heavy atom. The van der Waals surface area contributed by atoms with Crippen LogP contribution in [0.1, 0.15) is 43.6 Å². The molecule has 0 unspecified atom stereocenters. The van der Waals surface area contributed by atoms with E-state index >= 15 is 0 Å². The zero-order valence-corrected chi connectivity index (χ0v) is 15.8. The molecular weight excluding hydrogens is 343 g/mol. The molecule has 0 saturated heterocycles. The Morgan fingerprint density at radius 2 is 1.38 bits per heavy atom. The van der Waals surface area contributed by atoms with E-state index in [1.807, 2.05) is 27.7 Å². The molecule has 2 aromatic rings. The van der Waals surface area contributed by atoms with Gasteiger partial charge in [0.2, 0.25) is 0 Å². The first-order chi connectivity index (χ1) is 12.4. The van der Waals surface area contributed by atoms with E-state index in [4.69, 9.17) is 0 Å². The normalized spacial score (nSPS) is 9.27. The van der Waals surface area contributed by atoms with E-state index in [1.165, 1.54) is 12.1 Å². The number of nitrogens with two attached hydrogens (primary N) is 1. The molecule has 4 nitrogen and oxygen atoms in total. The number of aldehydes is 1. The number of para-hydroxylation sites is 1. The largest absolute Gasteiger partial charge is 0.416 e. The lowest BCUT2D eigenvalue weighted by Crippen LogP contribution is -2.13. The number of hydrazine groups is 1. The lowest BCUT2D eigenvalue weighted by Gasteiger charge is -2.10. The second-order valence-corrected chi connectivity index (χ2v) is 4.19. The Balaban J connectivity index is 0. The zero-order chi connectivity index (χ0) is 20.6. The van der Waals surface area contributed by atoms with Gasteiger partial charge < -0.3 is 5.32 Å². The molecule has 26 heavy (non-hydrogen) atoms. The Kier molecular flexibility index (Phi) is 14.8. The highest BCUT2D eigenvalue weighted by atomic mass is 19.4. The van der Waals surface area contributed by atoms with Crippen LogP contribution in [0.3, 0.4) is 0 Å². The van der Waals surface area contributed by atoms with Crippen molar-refractivity contribution in [1.29, 1.82) is 0 Å². The lowest BCUT2D eigenvalue weighted by molar-refractivity contribution is -0.137. The maximum absolute atomic E-state index is 12.4. The molecule has 2 rings (SSSR count). The summed E-state index contributed by atoms with van der Waals surface area (Å²) in [5, 5.41) is 2.90. The van der Waals surface area contributed by atoms with E-state index in [2.05, 4.69) is 16.6 Å². The minimum absolute atomic E-state index is 0.447. The number of halogens is 3. The molecule has 0 radical (unpaired) electrons. The molecule has 146 valence electrons. The third-order valence-corrected chi connectivity index (χ3v) is 2.58. The van der Waals surface area contributed by atoms with Crippen LogP contribution in [-0.2, 0) is 6.18 Å². The summed E-state index contributed by atoms with van der Waals surface area (Å²) in [6.45, 7) is 8.00. The first-order valence-electron chi connectivity index (χ1n) is 8.28. The maximum Gasteiger partial charge on any atom is 0.416 e. The molecule has 0 aliphatic carbocycles. The molecule has 0 amide bonds. The first kappa shape index (κ1) is 25.9. The van der Waals surface area contributed by atoms with E-state index in [9.17, 15) is 18.0 Å². The van der Waals surface area contributed by atoms with Gasteiger partial charge in [0.05, 0.1) is 5.56 Å². The highest BCUT2D eigenvalue weighted by Gasteiger charge is 2.29. The predicted octanol–water partition coefficient (Wildman–Crippen LogP) is 5.39. The topological polar surface area (TPSA) is 67.1 Å². The van der Waals surface area contributed by atoms with Crippen LogP contribution in [0.4, 0.5) is 24.5 Å². The van der Waals surface area contributed by atoms with Gasteiger partial charge in [-0.25, -0.2) is 0 Å². The summed E-state index contributed by atoms with van der Waals surface area (Å²) in [4.78, 5) is 10.8. The van der Waals surface area contributed by atoms with Crippen LogP contribution >= 0.6 is 0 Å². The van der Waals surface area contributed by atoms with Crippen molar-refractivity contribution in [3.05, 3.63) is 59.7 Å².